The highest BCUT2D eigenvalue weighted by molar-refractivity contribution is 5.61. The fourth-order valence-corrected chi connectivity index (χ4v) is 2.45. The van der Waals surface area contributed by atoms with Crippen LogP contribution in [-0.4, -0.2) is 29.2 Å². The standard InChI is InChI=1S/C16H15F4N3O/c17-11-5-3-10(4-6-11)13-8-14(16(18,19)20)23-15(22-13)21-9-12-2-1-7-24-12/h3-6,8,12H,1-2,7,9H2,(H,21,22,23). The minimum absolute atomic E-state index is 0.0579. The van der Waals surface area contributed by atoms with Crippen LogP contribution in [0.5, 0.6) is 0 Å². The predicted molar refractivity (Wildman–Crippen MR) is 79.9 cm³/mol. The minimum Gasteiger partial charge on any atom is -0.376 e. The lowest BCUT2D eigenvalue weighted by atomic mass is 10.1. The quantitative estimate of drug-likeness (QED) is 0.857. The van der Waals surface area contributed by atoms with E-state index in [1.807, 2.05) is 0 Å². The van der Waals surface area contributed by atoms with Crippen molar-refractivity contribution in [1.29, 1.82) is 0 Å². The Balaban J connectivity index is 1.89. The Morgan fingerprint density at radius 2 is 1.92 bits per heavy atom. The molecule has 3 rings (SSSR count). The number of ether oxygens (including phenoxy) is 1. The third-order valence-corrected chi connectivity index (χ3v) is 3.67. The van der Waals surface area contributed by atoms with E-state index in [2.05, 4.69) is 15.3 Å². The molecule has 0 aliphatic carbocycles. The van der Waals surface area contributed by atoms with Gasteiger partial charge in [0.2, 0.25) is 5.95 Å². The number of nitrogens with one attached hydrogen (secondary N) is 1. The van der Waals surface area contributed by atoms with Crippen molar-refractivity contribution in [3.63, 3.8) is 0 Å². The van der Waals surface area contributed by atoms with Crippen molar-refractivity contribution in [3.8, 4) is 11.3 Å². The van der Waals surface area contributed by atoms with Crippen molar-refractivity contribution in [2.45, 2.75) is 25.1 Å². The van der Waals surface area contributed by atoms with Gasteiger partial charge in [-0.05, 0) is 43.2 Å². The topological polar surface area (TPSA) is 47.0 Å². The molecule has 128 valence electrons. The number of benzene rings is 1. The second kappa shape index (κ2) is 6.72. The fraction of sp³-hybridized carbons (Fsp3) is 0.375. The van der Waals surface area contributed by atoms with Crippen molar-refractivity contribution in [1.82, 2.24) is 9.97 Å². The van der Waals surface area contributed by atoms with E-state index in [0.29, 0.717) is 18.7 Å². The van der Waals surface area contributed by atoms with E-state index in [4.69, 9.17) is 4.74 Å². The van der Waals surface area contributed by atoms with Crippen LogP contribution in [0.15, 0.2) is 30.3 Å². The number of aromatic nitrogens is 2. The van der Waals surface area contributed by atoms with E-state index in [1.165, 1.54) is 24.3 Å². The molecule has 4 nitrogen and oxygen atoms in total. The highest BCUT2D eigenvalue weighted by Crippen LogP contribution is 2.31. The van der Waals surface area contributed by atoms with Gasteiger partial charge in [0, 0.05) is 18.7 Å². The zero-order chi connectivity index (χ0) is 17.2. The summed E-state index contributed by atoms with van der Waals surface area (Å²) in [5.41, 5.74) is -0.594. The number of halogens is 4. The summed E-state index contributed by atoms with van der Waals surface area (Å²) >= 11 is 0. The minimum atomic E-state index is -4.60. The van der Waals surface area contributed by atoms with Crippen LogP contribution in [0.4, 0.5) is 23.5 Å². The van der Waals surface area contributed by atoms with Gasteiger partial charge in [-0.15, -0.1) is 0 Å². The van der Waals surface area contributed by atoms with Crippen LogP contribution < -0.4 is 5.32 Å². The fourth-order valence-electron chi connectivity index (χ4n) is 2.45. The summed E-state index contributed by atoms with van der Waals surface area (Å²) in [4.78, 5) is 7.64. The van der Waals surface area contributed by atoms with Crippen molar-refractivity contribution >= 4 is 5.95 Å². The molecule has 2 heterocycles. The Morgan fingerprint density at radius 1 is 1.17 bits per heavy atom. The van der Waals surface area contributed by atoms with Gasteiger partial charge in [-0.25, -0.2) is 14.4 Å². The molecule has 1 aromatic carbocycles. The first-order chi connectivity index (χ1) is 11.4. The van der Waals surface area contributed by atoms with Crippen LogP contribution in [0.25, 0.3) is 11.3 Å². The summed E-state index contributed by atoms with van der Waals surface area (Å²) in [6.07, 6.45) is -2.89. The van der Waals surface area contributed by atoms with E-state index < -0.39 is 17.7 Å². The van der Waals surface area contributed by atoms with Crippen molar-refractivity contribution in [2.75, 3.05) is 18.5 Å². The van der Waals surface area contributed by atoms with Crippen LogP contribution in [0.2, 0.25) is 0 Å². The molecule has 1 aromatic heterocycles. The number of anilines is 1. The molecule has 0 amide bonds. The normalized spacial score (nSPS) is 17.9. The molecule has 1 aliphatic rings. The summed E-state index contributed by atoms with van der Waals surface area (Å²) < 4.78 is 57.6. The molecule has 1 atom stereocenters. The monoisotopic (exact) mass is 341 g/mol. The van der Waals surface area contributed by atoms with Crippen LogP contribution in [0, 0.1) is 5.82 Å². The Hall–Kier alpha value is -2.22. The van der Waals surface area contributed by atoms with Crippen LogP contribution >= 0.6 is 0 Å². The average molecular weight is 341 g/mol. The van der Waals surface area contributed by atoms with Crippen LogP contribution in [0.3, 0.4) is 0 Å². The van der Waals surface area contributed by atoms with E-state index >= 15 is 0 Å². The zero-order valence-electron chi connectivity index (χ0n) is 12.6. The summed E-state index contributed by atoms with van der Waals surface area (Å²) in [5, 5.41) is 2.80. The van der Waals surface area contributed by atoms with Crippen molar-refractivity contribution in [2.24, 2.45) is 0 Å². The smallest absolute Gasteiger partial charge is 0.376 e. The molecule has 0 radical (unpaired) electrons. The zero-order valence-corrected chi connectivity index (χ0v) is 12.6. The third kappa shape index (κ3) is 4.00. The summed E-state index contributed by atoms with van der Waals surface area (Å²) in [6, 6.07) is 5.95. The molecule has 2 aromatic rings. The summed E-state index contributed by atoms with van der Waals surface area (Å²) in [5.74, 6) is -0.597. The molecule has 0 bridgehead atoms. The maximum absolute atomic E-state index is 13.1. The molecule has 0 spiro atoms. The van der Waals surface area contributed by atoms with E-state index in [-0.39, 0.29) is 17.7 Å². The Morgan fingerprint density at radius 3 is 2.54 bits per heavy atom. The highest BCUT2D eigenvalue weighted by Gasteiger charge is 2.34. The lowest BCUT2D eigenvalue weighted by Gasteiger charge is -2.14. The van der Waals surface area contributed by atoms with E-state index in [1.54, 1.807) is 0 Å². The second-order valence-electron chi connectivity index (χ2n) is 5.48. The van der Waals surface area contributed by atoms with Crippen LogP contribution in [0.1, 0.15) is 18.5 Å². The molecule has 1 fully saturated rings. The van der Waals surface area contributed by atoms with E-state index in [0.717, 1.165) is 18.9 Å². The molecule has 1 saturated heterocycles. The molecule has 1 N–H and O–H groups in total. The molecular formula is C16H15F4N3O. The Kier molecular flexibility index (Phi) is 4.66. The molecule has 24 heavy (non-hydrogen) atoms. The first kappa shape index (κ1) is 16.6. The highest BCUT2D eigenvalue weighted by atomic mass is 19.4. The lowest BCUT2D eigenvalue weighted by molar-refractivity contribution is -0.141. The van der Waals surface area contributed by atoms with Crippen LogP contribution in [-0.2, 0) is 10.9 Å². The third-order valence-electron chi connectivity index (χ3n) is 3.67. The number of rotatable bonds is 4. The molecule has 1 aliphatic heterocycles. The van der Waals surface area contributed by atoms with Gasteiger partial charge in [0.15, 0.2) is 5.69 Å². The predicted octanol–water partition coefficient (Wildman–Crippen LogP) is 3.89. The van der Waals surface area contributed by atoms with E-state index in [9.17, 15) is 17.6 Å². The second-order valence-corrected chi connectivity index (χ2v) is 5.48. The van der Waals surface area contributed by atoms with Gasteiger partial charge in [0.1, 0.15) is 5.82 Å². The van der Waals surface area contributed by atoms with Gasteiger partial charge in [0.05, 0.1) is 11.8 Å². The summed E-state index contributed by atoms with van der Waals surface area (Å²) in [6.45, 7) is 0.987. The first-order valence-corrected chi connectivity index (χ1v) is 7.49. The van der Waals surface area contributed by atoms with Gasteiger partial charge in [-0.1, -0.05) is 0 Å². The molecule has 1 unspecified atom stereocenters. The van der Waals surface area contributed by atoms with Crippen molar-refractivity contribution in [3.05, 3.63) is 41.8 Å². The van der Waals surface area contributed by atoms with Gasteiger partial charge in [0.25, 0.3) is 0 Å². The average Bonchev–Trinajstić information content (AvgIpc) is 3.06. The van der Waals surface area contributed by atoms with Gasteiger partial charge in [-0.2, -0.15) is 13.2 Å². The number of alkyl halides is 3. The molecular weight excluding hydrogens is 326 g/mol. The Bertz CT molecular complexity index is 697. The maximum atomic E-state index is 13.1. The first-order valence-electron chi connectivity index (χ1n) is 7.49. The van der Waals surface area contributed by atoms with Gasteiger partial charge >= 0.3 is 6.18 Å². The largest absolute Gasteiger partial charge is 0.433 e. The number of hydrogen-bond acceptors (Lipinski definition) is 4. The van der Waals surface area contributed by atoms with Gasteiger partial charge in [-0.3, -0.25) is 0 Å². The lowest BCUT2D eigenvalue weighted by Crippen LogP contribution is -2.21. The summed E-state index contributed by atoms with van der Waals surface area (Å²) in [7, 11) is 0. The number of hydrogen-bond donors (Lipinski definition) is 1. The SMILES string of the molecule is Fc1ccc(-c2cc(C(F)(F)F)nc(NCC3CCCO3)n2)cc1. The molecule has 8 heteroatoms. The molecule has 0 saturated carbocycles. The maximum Gasteiger partial charge on any atom is 0.433 e. The Labute approximate surface area is 135 Å². The van der Waals surface area contributed by atoms with Crippen molar-refractivity contribution < 1.29 is 22.3 Å². The van der Waals surface area contributed by atoms with Gasteiger partial charge < -0.3 is 10.1 Å². The number of nitrogens with zero attached hydrogens (tertiary/aromatic N) is 2.